The molecule has 3 rings (SSSR count). The van der Waals surface area contributed by atoms with Crippen molar-refractivity contribution in [3.63, 3.8) is 0 Å². The second kappa shape index (κ2) is 6.14. The Kier molecular flexibility index (Phi) is 4.17. The zero-order chi connectivity index (χ0) is 17.3. The largest absolute Gasteiger partial charge is 0.493 e. The highest BCUT2D eigenvalue weighted by atomic mass is 16.5. The Morgan fingerprint density at radius 1 is 1.42 bits per heavy atom. The molecule has 1 aromatic rings. The molecule has 2 heterocycles. The van der Waals surface area contributed by atoms with Gasteiger partial charge in [-0.2, -0.15) is 0 Å². The normalized spacial score (nSPS) is 23.5. The Bertz CT molecular complexity index is 690. The van der Waals surface area contributed by atoms with Crippen molar-refractivity contribution in [2.24, 2.45) is 0 Å². The molecule has 0 aliphatic carbocycles. The van der Waals surface area contributed by atoms with E-state index < -0.39 is 17.5 Å². The zero-order valence-corrected chi connectivity index (χ0v) is 13.8. The van der Waals surface area contributed by atoms with Gasteiger partial charge in [-0.05, 0) is 19.4 Å². The van der Waals surface area contributed by atoms with Crippen LogP contribution in [-0.2, 0) is 15.1 Å². The Labute approximate surface area is 140 Å². The lowest BCUT2D eigenvalue weighted by Gasteiger charge is -2.33. The summed E-state index contributed by atoms with van der Waals surface area (Å²) in [4.78, 5) is 38.3. The van der Waals surface area contributed by atoms with Gasteiger partial charge in [-0.15, -0.1) is 0 Å². The molecule has 7 heteroatoms. The topological polar surface area (TPSA) is 87.7 Å². The first-order valence-electron chi connectivity index (χ1n) is 8.13. The summed E-state index contributed by atoms with van der Waals surface area (Å²) >= 11 is 0. The number of hydrogen-bond acceptors (Lipinski definition) is 4. The molecule has 0 radical (unpaired) electrons. The number of rotatable bonds is 4. The third-order valence-corrected chi connectivity index (χ3v) is 4.58. The van der Waals surface area contributed by atoms with Crippen LogP contribution in [-0.4, -0.2) is 41.9 Å². The minimum Gasteiger partial charge on any atom is -0.493 e. The summed E-state index contributed by atoms with van der Waals surface area (Å²) in [5.74, 6) is -0.156. The molecule has 1 saturated heterocycles. The maximum absolute atomic E-state index is 13.0. The van der Waals surface area contributed by atoms with Crippen molar-refractivity contribution in [2.45, 2.75) is 38.3 Å². The number of benzene rings is 1. The quantitative estimate of drug-likeness (QED) is 0.810. The molecule has 0 unspecified atom stereocenters. The Hall–Kier alpha value is -2.57. The molecule has 1 fully saturated rings. The Balaban J connectivity index is 1.84. The number of nitrogens with zero attached hydrogens (tertiary/aromatic N) is 1. The van der Waals surface area contributed by atoms with E-state index in [2.05, 4.69) is 10.6 Å². The summed E-state index contributed by atoms with van der Waals surface area (Å²) in [5, 5.41) is 5.55. The van der Waals surface area contributed by atoms with E-state index in [9.17, 15) is 14.4 Å². The minimum absolute atomic E-state index is 0.00367. The van der Waals surface area contributed by atoms with E-state index in [4.69, 9.17) is 4.74 Å². The Morgan fingerprint density at radius 2 is 2.17 bits per heavy atom. The standard InChI is InChI=1S/C17H21N3O4/c1-3-11(2)18-14(21)10-20-15(22)17(19-16(20)23)8-9-24-13-7-5-4-6-12(13)17/h4-7,11H,3,8-10H2,1-2H3,(H,18,21)(H,19,23)/t11-,17+/m0/s1. The van der Waals surface area contributed by atoms with Crippen molar-refractivity contribution in [3.8, 4) is 5.75 Å². The van der Waals surface area contributed by atoms with E-state index in [0.717, 1.165) is 11.3 Å². The van der Waals surface area contributed by atoms with Crippen LogP contribution in [0.4, 0.5) is 4.79 Å². The van der Waals surface area contributed by atoms with E-state index in [1.165, 1.54) is 0 Å². The number of ether oxygens (including phenoxy) is 1. The molecule has 0 aromatic heterocycles. The van der Waals surface area contributed by atoms with Crippen LogP contribution in [0.5, 0.6) is 5.75 Å². The van der Waals surface area contributed by atoms with Crippen molar-refractivity contribution in [3.05, 3.63) is 29.8 Å². The van der Waals surface area contributed by atoms with Crippen molar-refractivity contribution in [1.29, 1.82) is 0 Å². The van der Waals surface area contributed by atoms with Crippen LogP contribution in [0.3, 0.4) is 0 Å². The number of imide groups is 1. The van der Waals surface area contributed by atoms with E-state index in [1.807, 2.05) is 19.9 Å². The average Bonchev–Trinajstić information content (AvgIpc) is 2.80. The molecule has 2 N–H and O–H groups in total. The number of urea groups is 1. The highest BCUT2D eigenvalue weighted by Gasteiger charge is 2.55. The zero-order valence-electron chi connectivity index (χ0n) is 13.8. The average molecular weight is 331 g/mol. The first-order valence-corrected chi connectivity index (χ1v) is 8.13. The molecule has 1 aromatic carbocycles. The van der Waals surface area contributed by atoms with Crippen LogP contribution >= 0.6 is 0 Å². The molecular weight excluding hydrogens is 310 g/mol. The van der Waals surface area contributed by atoms with Gasteiger partial charge in [0.05, 0.1) is 6.61 Å². The molecule has 7 nitrogen and oxygen atoms in total. The lowest BCUT2D eigenvalue weighted by molar-refractivity contribution is -0.136. The fourth-order valence-corrected chi connectivity index (χ4v) is 3.08. The maximum atomic E-state index is 13.0. The van der Waals surface area contributed by atoms with Crippen LogP contribution in [0.25, 0.3) is 0 Å². The number of nitrogens with one attached hydrogen (secondary N) is 2. The molecule has 24 heavy (non-hydrogen) atoms. The number of fused-ring (bicyclic) bond motifs is 2. The summed E-state index contributed by atoms with van der Waals surface area (Å²) < 4.78 is 5.58. The van der Waals surface area contributed by atoms with Gasteiger partial charge in [0.25, 0.3) is 5.91 Å². The summed E-state index contributed by atoms with van der Waals surface area (Å²) in [6, 6.07) is 6.61. The van der Waals surface area contributed by atoms with Gasteiger partial charge in [-0.3, -0.25) is 14.5 Å². The lowest BCUT2D eigenvalue weighted by Crippen LogP contribution is -2.48. The molecule has 2 aliphatic heterocycles. The fourth-order valence-electron chi connectivity index (χ4n) is 3.08. The first kappa shape index (κ1) is 16.3. The number of carbonyl (C=O) groups is 3. The van der Waals surface area contributed by atoms with Crippen LogP contribution in [0.2, 0.25) is 0 Å². The van der Waals surface area contributed by atoms with Crippen LogP contribution < -0.4 is 15.4 Å². The number of para-hydroxylation sites is 1. The second-order valence-electron chi connectivity index (χ2n) is 6.20. The van der Waals surface area contributed by atoms with Crippen LogP contribution in [0.1, 0.15) is 32.3 Å². The van der Waals surface area contributed by atoms with Gasteiger partial charge in [-0.25, -0.2) is 4.79 Å². The van der Waals surface area contributed by atoms with Gasteiger partial charge in [0, 0.05) is 18.0 Å². The molecule has 0 bridgehead atoms. The number of amides is 4. The third kappa shape index (κ3) is 2.60. The Morgan fingerprint density at radius 3 is 2.92 bits per heavy atom. The van der Waals surface area contributed by atoms with E-state index >= 15 is 0 Å². The maximum Gasteiger partial charge on any atom is 0.325 e. The molecule has 128 valence electrons. The lowest BCUT2D eigenvalue weighted by atomic mass is 9.84. The summed E-state index contributed by atoms with van der Waals surface area (Å²) in [7, 11) is 0. The number of carbonyl (C=O) groups excluding carboxylic acids is 3. The first-order chi connectivity index (χ1) is 11.5. The second-order valence-corrected chi connectivity index (χ2v) is 6.20. The van der Waals surface area contributed by atoms with E-state index in [-0.39, 0.29) is 18.5 Å². The monoisotopic (exact) mass is 331 g/mol. The summed E-state index contributed by atoms with van der Waals surface area (Å²) in [6.07, 6.45) is 1.12. The molecule has 2 atom stereocenters. The van der Waals surface area contributed by atoms with Crippen molar-refractivity contribution < 1.29 is 19.1 Å². The van der Waals surface area contributed by atoms with Crippen molar-refractivity contribution in [1.82, 2.24) is 15.5 Å². The van der Waals surface area contributed by atoms with Gasteiger partial charge < -0.3 is 15.4 Å². The third-order valence-electron chi connectivity index (χ3n) is 4.58. The fraction of sp³-hybridized carbons (Fsp3) is 0.471. The van der Waals surface area contributed by atoms with Gasteiger partial charge in [0.15, 0.2) is 5.54 Å². The molecule has 0 saturated carbocycles. The summed E-state index contributed by atoms with van der Waals surface area (Å²) in [6.45, 7) is 3.88. The predicted molar refractivity (Wildman–Crippen MR) is 86.4 cm³/mol. The van der Waals surface area contributed by atoms with Crippen LogP contribution in [0.15, 0.2) is 24.3 Å². The highest BCUT2D eigenvalue weighted by Crippen LogP contribution is 2.40. The highest BCUT2D eigenvalue weighted by molar-refractivity contribution is 6.09. The molecule has 4 amide bonds. The molecule has 2 aliphatic rings. The predicted octanol–water partition coefficient (Wildman–Crippen LogP) is 1.13. The SMILES string of the molecule is CC[C@H](C)NC(=O)CN1C(=O)N[C@@]2(CCOc3ccccc32)C1=O. The number of hydrogen-bond donors (Lipinski definition) is 2. The van der Waals surface area contributed by atoms with Gasteiger partial charge in [0.2, 0.25) is 5.91 Å². The van der Waals surface area contributed by atoms with Gasteiger partial charge >= 0.3 is 6.03 Å². The van der Waals surface area contributed by atoms with Gasteiger partial charge in [-0.1, -0.05) is 25.1 Å². The van der Waals surface area contributed by atoms with Crippen molar-refractivity contribution in [2.75, 3.05) is 13.2 Å². The van der Waals surface area contributed by atoms with Crippen LogP contribution in [0, 0.1) is 0 Å². The molecule has 1 spiro atoms. The van der Waals surface area contributed by atoms with E-state index in [0.29, 0.717) is 24.3 Å². The summed E-state index contributed by atoms with van der Waals surface area (Å²) in [5.41, 5.74) is -0.498. The minimum atomic E-state index is -1.14. The van der Waals surface area contributed by atoms with E-state index in [1.54, 1.807) is 18.2 Å². The van der Waals surface area contributed by atoms with Gasteiger partial charge in [0.1, 0.15) is 12.3 Å². The smallest absolute Gasteiger partial charge is 0.325 e. The van der Waals surface area contributed by atoms with Crippen molar-refractivity contribution >= 4 is 17.8 Å². The molecular formula is C17H21N3O4.